The lowest BCUT2D eigenvalue weighted by atomic mass is 10.2. The lowest BCUT2D eigenvalue weighted by Crippen LogP contribution is -1.98. The topological polar surface area (TPSA) is 114 Å². The summed E-state index contributed by atoms with van der Waals surface area (Å²) < 4.78 is 5.47. The van der Waals surface area contributed by atoms with Crippen LogP contribution in [0.4, 0.5) is 5.69 Å². The fourth-order valence-corrected chi connectivity index (χ4v) is 1.97. The summed E-state index contributed by atoms with van der Waals surface area (Å²) in [5.41, 5.74) is 0.628. The zero-order chi connectivity index (χ0) is 16.2. The number of phenolic OH excluding ortho intramolecular Hbond substituents is 1. The Morgan fingerprint density at radius 3 is 2.83 bits per heavy atom. The van der Waals surface area contributed by atoms with Gasteiger partial charge in [0.2, 0.25) is 0 Å². The van der Waals surface area contributed by atoms with E-state index in [0.717, 1.165) is 0 Å². The number of rotatable bonds is 5. The number of nitrogens with one attached hydrogen (secondary N) is 1. The van der Waals surface area contributed by atoms with Crippen molar-refractivity contribution in [2.24, 2.45) is 0 Å². The monoisotopic (exact) mass is 312 g/mol. The van der Waals surface area contributed by atoms with Gasteiger partial charge < -0.3 is 9.84 Å². The van der Waals surface area contributed by atoms with Crippen molar-refractivity contribution in [1.29, 1.82) is 0 Å². The van der Waals surface area contributed by atoms with E-state index in [2.05, 4.69) is 15.2 Å². The molecule has 3 aromatic rings. The number of benzene rings is 2. The van der Waals surface area contributed by atoms with Gasteiger partial charge >= 0.3 is 0 Å². The second kappa shape index (κ2) is 6.14. The zero-order valence-corrected chi connectivity index (χ0v) is 11.8. The van der Waals surface area contributed by atoms with Crippen molar-refractivity contribution in [2.45, 2.75) is 6.61 Å². The molecule has 0 aliphatic heterocycles. The number of nitro groups is 1. The lowest BCUT2D eigenvalue weighted by Gasteiger charge is -2.03. The maximum absolute atomic E-state index is 10.7. The van der Waals surface area contributed by atoms with Gasteiger partial charge in [0.1, 0.15) is 18.1 Å². The van der Waals surface area contributed by atoms with E-state index in [4.69, 9.17) is 4.74 Å². The number of hydrogen-bond donors (Lipinski definition) is 2. The summed E-state index contributed by atoms with van der Waals surface area (Å²) >= 11 is 0. The highest BCUT2D eigenvalue weighted by Gasteiger charge is 2.09. The summed E-state index contributed by atoms with van der Waals surface area (Å²) in [5, 5.41) is 27.0. The minimum absolute atomic E-state index is 0.0412. The average molecular weight is 312 g/mol. The van der Waals surface area contributed by atoms with Crippen LogP contribution in [0, 0.1) is 10.1 Å². The summed E-state index contributed by atoms with van der Waals surface area (Å²) in [6, 6.07) is 12.5. The number of hydrogen-bond acceptors (Lipinski definition) is 6. The van der Waals surface area contributed by atoms with Gasteiger partial charge in [-0.3, -0.25) is 15.2 Å². The van der Waals surface area contributed by atoms with E-state index >= 15 is 0 Å². The minimum Gasteiger partial charge on any atom is -0.508 e. The molecule has 8 heteroatoms. The van der Waals surface area contributed by atoms with Crippen LogP contribution in [0.25, 0.3) is 11.4 Å². The Bertz CT molecular complexity index is 847. The number of aromatic amines is 1. The Hall–Kier alpha value is -3.42. The third-order valence-electron chi connectivity index (χ3n) is 3.04. The molecule has 0 aliphatic rings. The first-order chi connectivity index (χ1) is 11.1. The first kappa shape index (κ1) is 14.5. The van der Waals surface area contributed by atoms with E-state index < -0.39 is 4.92 Å². The predicted octanol–water partition coefficient (Wildman–Crippen LogP) is 2.66. The molecule has 1 aromatic heterocycles. The Balaban J connectivity index is 1.70. The molecule has 0 bridgehead atoms. The molecule has 3 rings (SSSR count). The van der Waals surface area contributed by atoms with Crippen LogP contribution < -0.4 is 4.74 Å². The number of phenols is 1. The van der Waals surface area contributed by atoms with Crippen molar-refractivity contribution in [3.8, 4) is 22.9 Å². The van der Waals surface area contributed by atoms with Crippen LogP contribution in [-0.4, -0.2) is 25.2 Å². The standard InChI is InChI=1S/C15H12N4O4/c20-12-5-1-3-10(7-12)15-16-14(17-18-15)9-23-13-6-2-4-11(8-13)19(21)22/h1-8,20H,9H2,(H,16,17,18). The van der Waals surface area contributed by atoms with Crippen molar-refractivity contribution in [3.05, 3.63) is 64.5 Å². The van der Waals surface area contributed by atoms with Crippen LogP contribution in [0.2, 0.25) is 0 Å². The molecule has 0 amide bonds. The van der Waals surface area contributed by atoms with E-state index in [1.165, 1.54) is 12.1 Å². The molecule has 116 valence electrons. The van der Waals surface area contributed by atoms with E-state index in [9.17, 15) is 15.2 Å². The van der Waals surface area contributed by atoms with Crippen LogP contribution >= 0.6 is 0 Å². The number of aromatic hydroxyl groups is 1. The van der Waals surface area contributed by atoms with Crippen molar-refractivity contribution in [1.82, 2.24) is 15.2 Å². The molecule has 8 nitrogen and oxygen atoms in total. The highest BCUT2D eigenvalue weighted by atomic mass is 16.6. The van der Waals surface area contributed by atoms with Crippen LogP contribution in [0.3, 0.4) is 0 Å². The third-order valence-corrected chi connectivity index (χ3v) is 3.04. The van der Waals surface area contributed by atoms with Crippen molar-refractivity contribution in [3.63, 3.8) is 0 Å². The molecule has 0 unspecified atom stereocenters. The third kappa shape index (κ3) is 3.43. The molecular formula is C15H12N4O4. The fourth-order valence-electron chi connectivity index (χ4n) is 1.97. The molecule has 1 heterocycles. The molecule has 2 N–H and O–H groups in total. The van der Waals surface area contributed by atoms with Gasteiger partial charge in [0.05, 0.1) is 11.0 Å². The summed E-state index contributed by atoms with van der Waals surface area (Å²) in [5.74, 6) is 1.39. The Labute approximate surface area is 130 Å². The molecule has 0 aliphatic carbocycles. The SMILES string of the molecule is O=[N+]([O-])c1cccc(OCc2nc(-c3cccc(O)c3)n[nH]2)c1. The molecule has 0 spiro atoms. The van der Waals surface area contributed by atoms with Gasteiger partial charge in [-0.1, -0.05) is 18.2 Å². The molecule has 23 heavy (non-hydrogen) atoms. The predicted molar refractivity (Wildman–Crippen MR) is 80.9 cm³/mol. The second-order valence-corrected chi connectivity index (χ2v) is 4.70. The van der Waals surface area contributed by atoms with Crippen molar-refractivity contribution < 1.29 is 14.8 Å². The molecule has 0 fully saturated rings. The molecule has 2 aromatic carbocycles. The Morgan fingerprint density at radius 2 is 2.04 bits per heavy atom. The molecule has 0 radical (unpaired) electrons. The maximum atomic E-state index is 10.7. The number of ether oxygens (including phenoxy) is 1. The van der Waals surface area contributed by atoms with Gasteiger partial charge in [0, 0.05) is 11.6 Å². The highest BCUT2D eigenvalue weighted by molar-refractivity contribution is 5.56. The fraction of sp³-hybridized carbons (Fsp3) is 0.0667. The van der Waals surface area contributed by atoms with Crippen molar-refractivity contribution >= 4 is 5.69 Å². The van der Waals surface area contributed by atoms with Crippen LogP contribution in [-0.2, 0) is 6.61 Å². The highest BCUT2D eigenvalue weighted by Crippen LogP contribution is 2.21. The van der Waals surface area contributed by atoms with E-state index in [1.54, 1.807) is 36.4 Å². The number of H-pyrrole nitrogens is 1. The smallest absolute Gasteiger partial charge is 0.273 e. The van der Waals surface area contributed by atoms with Gasteiger partial charge in [-0.15, -0.1) is 0 Å². The van der Waals surface area contributed by atoms with Gasteiger partial charge in [0.15, 0.2) is 11.6 Å². The Morgan fingerprint density at radius 1 is 1.22 bits per heavy atom. The van der Waals surface area contributed by atoms with Gasteiger partial charge in [-0.05, 0) is 18.2 Å². The van der Waals surface area contributed by atoms with E-state index in [1.807, 2.05) is 0 Å². The largest absolute Gasteiger partial charge is 0.508 e. The van der Waals surface area contributed by atoms with Crippen LogP contribution in [0.5, 0.6) is 11.5 Å². The molecule has 0 atom stereocenters. The average Bonchev–Trinajstić information content (AvgIpc) is 3.02. The van der Waals surface area contributed by atoms with Gasteiger partial charge in [-0.25, -0.2) is 4.98 Å². The van der Waals surface area contributed by atoms with Crippen LogP contribution in [0.1, 0.15) is 5.82 Å². The maximum Gasteiger partial charge on any atom is 0.273 e. The van der Waals surface area contributed by atoms with E-state index in [0.29, 0.717) is 23.0 Å². The summed E-state index contributed by atoms with van der Waals surface area (Å²) in [6.07, 6.45) is 0. The summed E-state index contributed by atoms with van der Waals surface area (Å²) in [4.78, 5) is 14.5. The summed E-state index contributed by atoms with van der Waals surface area (Å²) in [7, 11) is 0. The summed E-state index contributed by atoms with van der Waals surface area (Å²) in [6.45, 7) is 0.0903. The molecular weight excluding hydrogens is 300 g/mol. The van der Waals surface area contributed by atoms with Gasteiger partial charge in [0.25, 0.3) is 5.69 Å². The number of nitro benzene ring substituents is 1. The first-order valence-electron chi connectivity index (χ1n) is 6.70. The number of non-ortho nitro benzene ring substituents is 1. The van der Waals surface area contributed by atoms with E-state index in [-0.39, 0.29) is 18.0 Å². The molecule has 0 saturated heterocycles. The Kier molecular flexibility index (Phi) is 3.88. The number of aromatic nitrogens is 3. The first-order valence-corrected chi connectivity index (χ1v) is 6.70. The minimum atomic E-state index is -0.485. The number of nitrogens with zero attached hydrogens (tertiary/aromatic N) is 3. The molecule has 0 saturated carbocycles. The van der Waals surface area contributed by atoms with Gasteiger partial charge in [-0.2, -0.15) is 5.10 Å². The second-order valence-electron chi connectivity index (χ2n) is 4.70. The van der Waals surface area contributed by atoms with Crippen molar-refractivity contribution in [2.75, 3.05) is 0 Å². The zero-order valence-electron chi connectivity index (χ0n) is 11.8. The quantitative estimate of drug-likeness (QED) is 0.553. The normalized spacial score (nSPS) is 10.4. The van der Waals surface area contributed by atoms with Crippen LogP contribution in [0.15, 0.2) is 48.5 Å². The lowest BCUT2D eigenvalue weighted by molar-refractivity contribution is -0.384.